The Bertz CT molecular complexity index is 670. The van der Waals surface area contributed by atoms with Crippen molar-refractivity contribution < 1.29 is 17.9 Å². The molecule has 2 rings (SSSR count). The number of hydrogen-bond donors (Lipinski definition) is 2. The van der Waals surface area contributed by atoms with E-state index < -0.39 is 6.36 Å². The van der Waals surface area contributed by atoms with Crippen molar-refractivity contribution in [2.24, 2.45) is 10.7 Å². The van der Waals surface area contributed by atoms with Crippen molar-refractivity contribution in [2.75, 3.05) is 5.32 Å². The van der Waals surface area contributed by atoms with Crippen molar-refractivity contribution in [1.29, 1.82) is 0 Å². The Labute approximate surface area is 135 Å². The lowest BCUT2D eigenvalue weighted by Crippen LogP contribution is -2.22. The van der Waals surface area contributed by atoms with Gasteiger partial charge in [0.05, 0.1) is 6.54 Å². The van der Waals surface area contributed by atoms with E-state index in [4.69, 9.17) is 17.3 Å². The van der Waals surface area contributed by atoms with Crippen molar-refractivity contribution in [3.05, 3.63) is 59.1 Å². The van der Waals surface area contributed by atoms with Gasteiger partial charge in [-0.25, -0.2) is 4.99 Å². The van der Waals surface area contributed by atoms with Crippen LogP contribution in [0.25, 0.3) is 0 Å². The van der Waals surface area contributed by atoms with Gasteiger partial charge in [-0.05, 0) is 42.0 Å². The first-order valence-electron chi connectivity index (χ1n) is 6.49. The van der Waals surface area contributed by atoms with Crippen LogP contribution in [0.15, 0.2) is 53.5 Å². The third kappa shape index (κ3) is 6.07. The molecule has 3 N–H and O–H groups in total. The monoisotopic (exact) mass is 343 g/mol. The highest BCUT2D eigenvalue weighted by Gasteiger charge is 2.30. The second-order valence-corrected chi connectivity index (χ2v) is 4.96. The number of nitrogens with two attached hydrogens (primary N) is 1. The van der Waals surface area contributed by atoms with E-state index in [2.05, 4.69) is 15.0 Å². The number of anilines is 1. The highest BCUT2D eigenvalue weighted by atomic mass is 35.5. The fourth-order valence-corrected chi connectivity index (χ4v) is 1.82. The maximum absolute atomic E-state index is 12.1. The van der Waals surface area contributed by atoms with Gasteiger partial charge in [0.2, 0.25) is 0 Å². The maximum Gasteiger partial charge on any atom is 0.573 e. The zero-order valence-corrected chi connectivity index (χ0v) is 12.5. The molecule has 0 aliphatic rings. The third-order valence-electron chi connectivity index (χ3n) is 2.71. The average molecular weight is 344 g/mol. The summed E-state index contributed by atoms with van der Waals surface area (Å²) in [6, 6.07) is 12.3. The zero-order chi connectivity index (χ0) is 16.9. The molecule has 0 atom stereocenters. The number of halogens is 4. The summed E-state index contributed by atoms with van der Waals surface area (Å²) < 4.78 is 39.9. The summed E-state index contributed by atoms with van der Waals surface area (Å²) >= 11 is 5.78. The molecule has 0 saturated heterocycles. The molecule has 0 amide bonds. The Balaban J connectivity index is 1.92. The number of alkyl halides is 3. The standard InChI is InChI=1S/C15H13ClF3N3O/c16-11-3-1-10(2-4-11)9-21-14(20)22-12-5-7-13(8-6-12)23-15(17,18)19/h1-8H,9H2,(H3,20,21,22). The molecule has 0 fully saturated rings. The van der Waals surface area contributed by atoms with Crippen LogP contribution in [0, 0.1) is 0 Å². The first-order chi connectivity index (χ1) is 10.8. The van der Waals surface area contributed by atoms with Crippen molar-refractivity contribution in [3.63, 3.8) is 0 Å². The molecule has 8 heteroatoms. The molecular weight excluding hydrogens is 331 g/mol. The summed E-state index contributed by atoms with van der Waals surface area (Å²) in [6.07, 6.45) is -4.71. The van der Waals surface area contributed by atoms with Crippen LogP contribution < -0.4 is 15.8 Å². The smallest absolute Gasteiger partial charge is 0.406 e. The minimum absolute atomic E-state index is 0.143. The highest BCUT2D eigenvalue weighted by molar-refractivity contribution is 6.30. The summed E-state index contributed by atoms with van der Waals surface area (Å²) in [5, 5.41) is 3.41. The Morgan fingerprint density at radius 2 is 1.70 bits per heavy atom. The second-order valence-electron chi connectivity index (χ2n) is 4.53. The zero-order valence-electron chi connectivity index (χ0n) is 11.8. The van der Waals surface area contributed by atoms with Crippen molar-refractivity contribution in [2.45, 2.75) is 12.9 Å². The molecule has 23 heavy (non-hydrogen) atoms. The van der Waals surface area contributed by atoms with Crippen LogP contribution in [0.2, 0.25) is 5.02 Å². The van der Waals surface area contributed by atoms with Gasteiger partial charge in [0.25, 0.3) is 0 Å². The Morgan fingerprint density at radius 3 is 2.26 bits per heavy atom. The van der Waals surface area contributed by atoms with Crippen LogP contribution in [-0.4, -0.2) is 12.3 Å². The minimum Gasteiger partial charge on any atom is -0.406 e. The van der Waals surface area contributed by atoms with E-state index in [1.54, 1.807) is 12.1 Å². The highest BCUT2D eigenvalue weighted by Crippen LogP contribution is 2.23. The van der Waals surface area contributed by atoms with Gasteiger partial charge in [-0.15, -0.1) is 13.2 Å². The molecule has 0 aromatic heterocycles. The predicted octanol–water partition coefficient (Wildman–Crippen LogP) is 4.17. The molecule has 0 aliphatic carbocycles. The molecule has 0 spiro atoms. The molecule has 0 saturated carbocycles. The van der Waals surface area contributed by atoms with Gasteiger partial charge in [-0.3, -0.25) is 0 Å². The summed E-state index contributed by atoms with van der Waals surface area (Å²) in [5.74, 6) is -0.163. The van der Waals surface area contributed by atoms with Crippen LogP contribution in [0.3, 0.4) is 0 Å². The molecule has 0 bridgehead atoms. The third-order valence-corrected chi connectivity index (χ3v) is 2.96. The first-order valence-corrected chi connectivity index (χ1v) is 6.87. The second kappa shape index (κ2) is 7.23. The summed E-state index contributed by atoms with van der Waals surface area (Å²) in [7, 11) is 0. The lowest BCUT2D eigenvalue weighted by molar-refractivity contribution is -0.274. The van der Waals surface area contributed by atoms with Crippen LogP contribution in [0.4, 0.5) is 18.9 Å². The molecule has 122 valence electrons. The number of nitrogens with one attached hydrogen (secondary N) is 1. The van der Waals surface area contributed by atoms with Crippen LogP contribution >= 0.6 is 11.6 Å². The lowest BCUT2D eigenvalue weighted by atomic mass is 10.2. The Morgan fingerprint density at radius 1 is 1.09 bits per heavy atom. The number of guanidine groups is 1. The van der Waals surface area contributed by atoms with Crippen molar-refractivity contribution in [1.82, 2.24) is 0 Å². The minimum atomic E-state index is -4.71. The lowest BCUT2D eigenvalue weighted by Gasteiger charge is -2.10. The average Bonchev–Trinajstić information content (AvgIpc) is 2.47. The van der Waals surface area contributed by atoms with Crippen molar-refractivity contribution >= 4 is 23.2 Å². The molecular formula is C15H13ClF3N3O. The van der Waals surface area contributed by atoms with Crippen LogP contribution in [-0.2, 0) is 6.54 Å². The van der Waals surface area contributed by atoms with E-state index in [1.807, 2.05) is 12.1 Å². The molecule has 0 heterocycles. The van der Waals surface area contributed by atoms with Gasteiger partial charge < -0.3 is 15.8 Å². The molecule has 2 aromatic rings. The Hall–Kier alpha value is -2.41. The van der Waals surface area contributed by atoms with E-state index in [1.165, 1.54) is 24.3 Å². The van der Waals surface area contributed by atoms with E-state index in [0.717, 1.165) is 5.56 Å². The first kappa shape index (κ1) is 17.0. The van der Waals surface area contributed by atoms with E-state index in [9.17, 15) is 13.2 Å². The normalized spacial score (nSPS) is 12.1. The fourth-order valence-electron chi connectivity index (χ4n) is 1.69. The predicted molar refractivity (Wildman–Crippen MR) is 83.5 cm³/mol. The quantitative estimate of drug-likeness (QED) is 0.647. The van der Waals surface area contributed by atoms with E-state index in [-0.39, 0.29) is 11.7 Å². The van der Waals surface area contributed by atoms with E-state index >= 15 is 0 Å². The number of ether oxygens (including phenoxy) is 1. The van der Waals surface area contributed by atoms with Gasteiger partial charge in [0.1, 0.15) is 5.75 Å². The van der Waals surface area contributed by atoms with Crippen molar-refractivity contribution in [3.8, 4) is 5.75 Å². The SMILES string of the molecule is NC(=NCc1ccc(Cl)cc1)Nc1ccc(OC(F)(F)F)cc1. The number of aliphatic imine (C=N–C) groups is 1. The van der Waals surface area contributed by atoms with Gasteiger partial charge in [0, 0.05) is 10.7 Å². The van der Waals surface area contributed by atoms with E-state index in [0.29, 0.717) is 17.3 Å². The Kier molecular flexibility index (Phi) is 5.33. The number of benzene rings is 2. The fraction of sp³-hybridized carbons (Fsp3) is 0.133. The molecule has 0 unspecified atom stereocenters. The molecule has 0 radical (unpaired) electrons. The topological polar surface area (TPSA) is 59.6 Å². The van der Waals surface area contributed by atoms with Gasteiger partial charge in [0.15, 0.2) is 5.96 Å². The maximum atomic E-state index is 12.1. The van der Waals surface area contributed by atoms with Gasteiger partial charge in [-0.2, -0.15) is 0 Å². The largest absolute Gasteiger partial charge is 0.573 e. The van der Waals surface area contributed by atoms with Gasteiger partial charge >= 0.3 is 6.36 Å². The molecule has 0 aliphatic heterocycles. The summed E-state index contributed by atoms with van der Waals surface area (Å²) in [4.78, 5) is 4.13. The number of nitrogens with zero attached hydrogens (tertiary/aromatic N) is 1. The van der Waals surface area contributed by atoms with Crippen LogP contribution in [0.5, 0.6) is 5.75 Å². The summed E-state index contributed by atoms with van der Waals surface area (Å²) in [5.41, 5.74) is 7.15. The molecule has 4 nitrogen and oxygen atoms in total. The van der Waals surface area contributed by atoms with Gasteiger partial charge in [-0.1, -0.05) is 23.7 Å². The number of rotatable bonds is 4. The number of hydrogen-bond acceptors (Lipinski definition) is 2. The molecule has 2 aromatic carbocycles. The summed E-state index contributed by atoms with van der Waals surface area (Å²) in [6.45, 7) is 0.352. The van der Waals surface area contributed by atoms with Crippen LogP contribution in [0.1, 0.15) is 5.56 Å².